The van der Waals surface area contributed by atoms with Crippen LogP contribution in [0.3, 0.4) is 0 Å². The van der Waals surface area contributed by atoms with Gasteiger partial charge in [-0.25, -0.2) is 0 Å². The molecule has 0 saturated heterocycles. The molecule has 1 heterocycles. The zero-order chi connectivity index (χ0) is 7.83. The van der Waals surface area contributed by atoms with Crippen LogP contribution in [0.5, 0.6) is 0 Å². The third-order valence-corrected chi connectivity index (χ3v) is 1.90. The fraction of sp³-hybridized carbons (Fsp3) is 0.833. The Morgan fingerprint density at radius 1 is 1.70 bits per heavy atom. The lowest BCUT2D eigenvalue weighted by molar-refractivity contribution is 0.0290. The normalized spacial score (nSPS) is 25.0. The van der Waals surface area contributed by atoms with Gasteiger partial charge in [0.1, 0.15) is 11.7 Å². The summed E-state index contributed by atoms with van der Waals surface area (Å²) in [5, 5.41) is 25.0. The van der Waals surface area contributed by atoms with E-state index in [1.165, 1.54) is 0 Å². The van der Waals surface area contributed by atoms with E-state index in [4.69, 9.17) is 5.26 Å². The van der Waals surface area contributed by atoms with Crippen molar-refractivity contribution in [3.8, 4) is 6.07 Å². The third kappa shape index (κ3) is 0.711. The van der Waals surface area contributed by atoms with Gasteiger partial charge >= 0.3 is 5.66 Å². The van der Waals surface area contributed by atoms with E-state index < -0.39 is 11.3 Å². The molecule has 0 fully saturated rings. The van der Waals surface area contributed by atoms with Gasteiger partial charge in [0.05, 0.1) is 0 Å². The van der Waals surface area contributed by atoms with E-state index >= 15 is 0 Å². The van der Waals surface area contributed by atoms with Crippen LogP contribution in [0, 0.1) is 11.3 Å². The van der Waals surface area contributed by atoms with Gasteiger partial charge in [0.2, 0.25) is 0 Å². The quantitative estimate of drug-likeness (QED) is 0.615. The summed E-state index contributed by atoms with van der Waals surface area (Å²) in [6.07, 6.45) is 0.480. The summed E-state index contributed by atoms with van der Waals surface area (Å²) in [7, 11) is 0. The number of nitrogens with zero attached hydrogens (tertiary/aromatic N) is 3. The minimum Gasteiger partial charge on any atom is -0.384 e. The highest BCUT2D eigenvalue weighted by Crippen LogP contribution is 2.40. The van der Waals surface area contributed by atoms with E-state index in [0.29, 0.717) is 6.42 Å². The molecule has 1 N–H and O–H groups in total. The molecule has 4 heteroatoms. The average Bonchev–Trinajstić information content (AvgIpc) is 2.67. The van der Waals surface area contributed by atoms with Crippen molar-refractivity contribution in [2.75, 3.05) is 0 Å². The number of hydrogen-bond donors (Lipinski definition) is 1. The van der Waals surface area contributed by atoms with Crippen LogP contribution in [-0.2, 0) is 0 Å². The Morgan fingerprint density at radius 3 is 2.30 bits per heavy atom. The van der Waals surface area contributed by atoms with Gasteiger partial charge in [0.25, 0.3) is 0 Å². The number of rotatable bonds is 2. The largest absolute Gasteiger partial charge is 0.384 e. The van der Waals surface area contributed by atoms with E-state index in [2.05, 4.69) is 10.2 Å². The van der Waals surface area contributed by atoms with Crippen molar-refractivity contribution in [1.82, 2.24) is 0 Å². The van der Waals surface area contributed by atoms with Crippen molar-refractivity contribution in [3.05, 3.63) is 0 Å². The first-order valence-electron chi connectivity index (χ1n) is 3.16. The van der Waals surface area contributed by atoms with E-state index in [1.54, 1.807) is 13.8 Å². The zero-order valence-corrected chi connectivity index (χ0v) is 6.00. The van der Waals surface area contributed by atoms with Crippen molar-refractivity contribution in [1.29, 1.82) is 5.26 Å². The molecule has 0 aliphatic carbocycles. The molecule has 1 unspecified atom stereocenters. The highest BCUT2D eigenvalue weighted by atomic mass is 16.3. The van der Waals surface area contributed by atoms with E-state index in [0.717, 1.165) is 0 Å². The van der Waals surface area contributed by atoms with Gasteiger partial charge in [-0.1, -0.05) is 6.92 Å². The molecular formula is C6H9N3O. The minimum atomic E-state index is -1.15. The molecule has 0 aromatic rings. The van der Waals surface area contributed by atoms with E-state index in [9.17, 15) is 5.11 Å². The molecule has 4 nitrogen and oxygen atoms in total. The van der Waals surface area contributed by atoms with Crippen molar-refractivity contribution in [2.24, 2.45) is 10.2 Å². The Morgan fingerprint density at radius 2 is 2.20 bits per heavy atom. The van der Waals surface area contributed by atoms with Crippen LogP contribution in [0.1, 0.15) is 20.3 Å². The second-order valence-electron chi connectivity index (χ2n) is 2.61. The van der Waals surface area contributed by atoms with Crippen molar-refractivity contribution >= 4 is 0 Å². The van der Waals surface area contributed by atoms with Gasteiger partial charge in [0, 0.05) is 0 Å². The summed E-state index contributed by atoms with van der Waals surface area (Å²) in [5.74, 6) is 0. The first-order chi connectivity index (χ1) is 4.58. The molecule has 10 heavy (non-hydrogen) atoms. The van der Waals surface area contributed by atoms with Gasteiger partial charge in [-0.2, -0.15) is 5.26 Å². The highest BCUT2D eigenvalue weighted by molar-refractivity contribution is 5.21. The highest BCUT2D eigenvalue weighted by Gasteiger charge is 2.55. The fourth-order valence-corrected chi connectivity index (χ4v) is 0.677. The summed E-state index contributed by atoms with van der Waals surface area (Å²) >= 11 is 0. The van der Waals surface area contributed by atoms with Crippen molar-refractivity contribution < 1.29 is 5.11 Å². The van der Waals surface area contributed by atoms with Crippen LogP contribution in [0.25, 0.3) is 0 Å². The SMILES string of the molecule is CCC(C)(O)C1(C#N)N=N1. The molecule has 0 radical (unpaired) electrons. The summed E-state index contributed by atoms with van der Waals surface area (Å²) in [6.45, 7) is 3.36. The molecule has 1 aliphatic rings. The van der Waals surface area contributed by atoms with Crippen molar-refractivity contribution in [2.45, 2.75) is 31.5 Å². The molecule has 0 aromatic heterocycles. The van der Waals surface area contributed by atoms with Gasteiger partial charge in [-0.05, 0) is 13.3 Å². The molecular weight excluding hydrogens is 130 g/mol. The molecule has 1 rings (SSSR count). The Balaban J connectivity index is 2.75. The standard InChI is InChI=1S/C6H9N3O/c1-3-5(2,10)6(4-7)8-9-6/h10H,3H2,1-2H3. The zero-order valence-electron chi connectivity index (χ0n) is 6.00. The molecule has 1 atom stereocenters. The molecule has 54 valence electrons. The molecule has 0 spiro atoms. The summed E-state index contributed by atoms with van der Waals surface area (Å²) in [6, 6.07) is 1.86. The second-order valence-corrected chi connectivity index (χ2v) is 2.61. The minimum absolute atomic E-state index is 0.480. The van der Waals surface area contributed by atoms with Crippen molar-refractivity contribution in [3.63, 3.8) is 0 Å². The maximum atomic E-state index is 9.50. The first-order valence-corrected chi connectivity index (χ1v) is 3.16. The third-order valence-electron chi connectivity index (χ3n) is 1.90. The Hall–Kier alpha value is -0.950. The Labute approximate surface area is 59.2 Å². The number of hydrogen-bond acceptors (Lipinski definition) is 4. The van der Waals surface area contributed by atoms with E-state index in [-0.39, 0.29) is 0 Å². The predicted octanol–water partition coefficient (Wildman–Crippen LogP) is 0.833. The molecule has 0 aromatic carbocycles. The van der Waals surface area contributed by atoms with Crippen LogP contribution >= 0.6 is 0 Å². The first kappa shape index (κ1) is 7.16. The van der Waals surface area contributed by atoms with Gasteiger partial charge in [-0.15, -0.1) is 10.2 Å². The molecule has 0 bridgehead atoms. The van der Waals surface area contributed by atoms with Gasteiger partial charge < -0.3 is 5.11 Å². The maximum Gasteiger partial charge on any atom is 0.302 e. The summed E-state index contributed by atoms with van der Waals surface area (Å²) in [4.78, 5) is 0. The summed E-state index contributed by atoms with van der Waals surface area (Å²) in [5.41, 5.74) is -2.25. The van der Waals surface area contributed by atoms with E-state index in [1.807, 2.05) is 6.07 Å². The fourth-order valence-electron chi connectivity index (χ4n) is 0.677. The monoisotopic (exact) mass is 139 g/mol. The molecule has 0 saturated carbocycles. The van der Waals surface area contributed by atoms with Crippen LogP contribution in [0.4, 0.5) is 0 Å². The summed E-state index contributed by atoms with van der Waals surface area (Å²) < 4.78 is 0. The Bertz CT molecular complexity index is 208. The predicted molar refractivity (Wildman–Crippen MR) is 34.1 cm³/mol. The van der Waals surface area contributed by atoms with Crippen LogP contribution in [-0.4, -0.2) is 16.4 Å². The van der Waals surface area contributed by atoms with Crippen LogP contribution < -0.4 is 0 Å². The topological polar surface area (TPSA) is 68.7 Å². The smallest absolute Gasteiger partial charge is 0.302 e. The van der Waals surface area contributed by atoms with Crippen LogP contribution in [0.15, 0.2) is 10.2 Å². The lowest BCUT2D eigenvalue weighted by Crippen LogP contribution is -2.40. The number of aliphatic hydroxyl groups is 1. The maximum absolute atomic E-state index is 9.50. The molecule has 0 amide bonds. The lowest BCUT2D eigenvalue weighted by atomic mass is 9.91. The lowest BCUT2D eigenvalue weighted by Gasteiger charge is -2.21. The number of nitriles is 1. The van der Waals surface area contributed by atoms with Gasteiger partial charge in [0.15, 0.2) is 0 Å². The van der Waals surface area contributed by atoms with Crippen LogP contribution in [0.2, 0.25) is 0 Å². The average molecular weight is 139 g/mol. The second kappa shape index (κ2) is 1.77. The Kier molecular flexibility index (Phi) is 1.26. The van der Waals surface area contributed by atoms with Gasteiger partial charge in [-0.3, -0.25) is 0 Å². The molecule has 1 aliphatic heterocycles.